The fourth-order valence-electron chi connectivity index (χ4n) is 1.39. The average Bonchev–Trinajstić information content (AvgIpc) is 2.29. The lowest BCUT2D eigenvalue weighted by atomic mass is 9.97. The first-order chi connectivity index (χ1) is 7.70. The lowest BCUT2D eigenvalue weighted by Gasteiger charge is -2.30. The van der Waals surface area contributed by atoms with Crippen molar-refractivity contribution in [2.75, 3.05) is 27.8 Å². The van der Waals surface area contributed by atoms with Gasteiger partial charge in [0.2, 0.25) is 0 Å². The molecule has 0 aromatic carbocycles. The van der Waals surface area contributed by atoms with Crippen LogP contribution in [0.2, 0.25) is 0 Å². The van der Waals surface area contributed by atoms with E-state index < -0.39 is 18.3 Å². The van der Waals surface area contributed by atoms with E-state index in [1.807, 2.05) is 0 Å². The maximum absolute atomic E-state index is 11.5. The molecule has 0 saturated carbocycles. The number of ketones is 1. The lowest BCUT2D eigenvalue weighted by Crippen LogP contribution is -2.48. The largest absolute Gasteiger partial charge is 0.386 e. The van der Waals surface area contributed by atoms with Gasteiger partial charge in [0.05, 0.1) is 0 Å². The molecule has 0 aromatic rings. The van der Waals surface area contributed by atoms with Gasteiger partial charge in [-0.15, -0.1) is 0 Å². The Bertz CT molecular complexity index is 252. The highest BCUT2D eigenvalue weighted by Gasteiger charge is 2.36. The molecule has 0 amide bonds. The van der Waals surface area contributed by atoms with Crippen LogP contribution < -0.4 is 0 Å². The number of aliphatic hydroxyl groups excluding tert-OH is 1. The molecule has 6 heteroatoms. The molecule has 3 atom stereocenters. The van der Waals surface area contributed by atoms with Crippen LogP contribution in [0.15, 0.2) is 12.2 Å². The van der Waals surface area contributed by atoms with Crippen LogP contribution in [0, 0.1) is 0 Å². The van der Waals surface area contributed by atoms with E-state index in [1.165, 1.54) is 26.4 Å². The minimum absolute atomic E-state index is 0.0182. The predicted octanol–water partition coefficient (Wildman–Crippen LogP) is -0.536. The van der Waals surface area contributed by atoms with Gasteiger partial charge in [-0.05, 0) is 12.2 Å². The lowest BCUT2D eigenvalue weighted by molar-refractivity contribution is -0.184. The highest BCUT2D eigenvalue weighted by atomic mass is 16.7. The van der Waals surface area contributed by atoms with Gasteiger partial charge in [-0.3, -0.25) is 4.79 Å². The second kappa shape index (κ2) is 6.72. The van der Waals surface area contributed by atoms with Gasteiger partial charge in [0.15, 0.2) is 11.9 Å². The van der Waals surface area contributed by atoms with E-state index in [2.05, 4.69) is 0 Å². The first-order valence-corrected chi connectivity index (χ1v) is 4.82. The Balaban J connectivity index is 2.64. The number of hydrogen-bond acceptors (Lipinski definition) is 6. The topological polar surface area (TPSA) is 74.2 Å². The predicted molar refractivity (Wildman–Crippen MR) is 53.7 cm³/mol. The number of carbonyl (C=O) groups excluding carboxylic acids is 1. The summed E-state index contributed by atoms with van der Waals surface area (Å²) < 4.78 is 19.8. The molecule has 0 bridgehead atoms. The van der Waals surface area contributed by atoms with E-state index in [1.54, 1.807) is 0 Å². The number of rotatable bonds is 6. The van der Waals surface area contributed by atoms with Gasteiger partial charge in [-0.2, -0.15) is 0 Å². The van der Waals surface area contributed by atoms with E-state index in [9.17, 15) is 9.90 Å². The van der Waals surface area contributed by atoms with Crippen LogP contribution in [-0.2, 0) is 23.7 Å². The SMILES string of the molecule is COCO[C@H]1[C@H](O)C=CC(=O)[C@H]1OCOC. The Morgan fingerprint density at radius 3 is 2.50 bits per heavy atom. The molecular weight excluding hydrogens is 216 g/mol. The Kier molecular flexibility index (Phi) is 5.58. The van der Waals surface area contributed by atoms with Gasteiger partial charge in [0.1, 0.15) is 25.8 Å². The summed E-state index contributed by atoms with van der Waals surface area (Å²) in [6.07, 6.45) is 0.116. The second-order valence-corrected chi connectivity index (χ2v) is 3.28. The van der Waals surface area contributed by atoms with E-state index in [0.717, 1.165) is 0 Å². The van der Waals surface area contributed by atoms with Gasteiger partial charge in [-0.25, -0.2) is 0 Å². The molecule has 1 aliphatic rings. The number of ether oxygens (including phenoxy) is 4. The summed E-state index contributed by atoms with van der Waals surface area (Å²) in [6, 6.07) is 0. The third-order valence-electron chi connectivity index (χ3n) is 2.12. The van der Waals surface area contributed by atoms with Crippen molar-refractivity contribution >= 4 is 5.78 Å². The first kappa shape index (κ1) is 13.3. The highest BCUT2D eigenvalue weighted by molar-refractivity contribution is 5.95. The molecule has 1 rings (SSSR count). The van der Waals surface area contributed by atoms with E-state index >= 15 is 0 Å². The summed E-state index contributed by atoms with van der Waals surface area (Å²) in [4.78, 5) is 11.5. The minimum atomic E-state index is -0.894. The molecule has 0 aliphatic heterocycles. The standard InChI is InChI=1S/C10H16O6/c1-13-5-15-9-7(11)3-4-8(12)10(9)16-6-14-2/h3-4,7,9-11H,5-6H2,1-2H3/t7-,9+,10-/m1/s1. The fourth-order valence-corrected chi connectivity index (χ4v) is 1.39. The number of methoxy groups -OCH3 is 2. The van der Waals surface area contributed by atoms with Gasteiger partial charge < -0.3 is 24.1 Å². The van der Waals surface area contributed by atoms with Gasteiger partial charge >= 0.3 is 0 Å². The van der Waals surface area contributed by atoms with E-state index in [0.29, 0.717) is 0 Å². The highest BCUT2D eigenvalue weighted by Crippen LogP contribution is 2.17. The molecule has 16 heavy (non-hydrogen) atoms. The molecule has 0 unspecified atom stereocenters. The van der Waals surface area contributed by atoms with Crippen molar-refractivity contribution in [3.63, 3.8) is 0 Å². The Hall–Kier alpha value is -0.790. The summed E-state index contributed by atoms with van der Waals surface area (Å²) in [5.74, 6) is -0.261. The molecule has 0 spiro atoms. The van der Waals surface area contributed by atoms with Crippen molar-refractivity contribution in [3.05, 3.63) is 12.2 Å². The molecule has 0 heterocycles. The maximum atomic E-state index is 11.5. The van der Waals surface area contributed by atoms with Crippen LogP contribution in [0.25, 0.3) is 0 Å². The van der Waals surface area contributed by atoms with Crippen LogP contribution in [0.4, 0.5) is 0 Å². The molecule has 1 aliphatic carbocycles. The van der Waals surface area contributed by atoms with Crippen molar-refractivity contribution in [1.82, 2.24) is 0 Å². The van der Waals surface area contributed by atoms with Crippen LogP contribution in [0.5, 0.6) is 0 Å². The third-order valence-corrected chi connectivity index (χ3v) is 2.12. The third kappa shape index (κ3) is 3.36. The first-order valence-electron chi connectivity index (χ1n) is 4.82. The monoisotopic (exact) mass is 232 g/mol. The van der Waals surface area contributed by atoms with Crippen molar-refractivity contribution in [2.45, 2.75) is 18.3 Å². The zero-order valence-corrected chi connectivity index (χ0v) is 9.29. The zero-order chi connectivity index (χ0) is 12.0. The quantitative estimate of drug-likeness (QED) is 0.620. The molecule has 0 fully saturated rings. The van der Waals surface area contributed by atoms with Crippen LogP contribution >= 0.6 is 0 Å². The van der Waals surface area contributed by atoms with Crippen LogP contribution in [0.3, 0.4) is 0 Å². The number of hydrogen-bond donors (Lipinski definition) is 1. The smallest absolute Gasteiger partial charge is 0.187 e. The second-order valence-electron chi connectivity index (χ2n) is 3.28. The van der Waals surface area contributed by atoms with Crippen LogP contribution in [0.1, 0.15) is 0 Å². The summed E-state index contributed by atoms with van der Waals surface area (Å²) in [5.41, 5.74) is 0. The Morgan fingerprint density at radius 2 is 1.88 bits per heavy atom. The number of aliphatic hydroxyl groups is 1. The van der Waals surface area contributed by atoms with Crippen molar-refractivity contribution in [3.8, 4) is 0 Å². The summed E-state index contributed by atoms with van der Waals surface area (Å²) in [6.45, 7) is -0.0561. The molecular formula is C10H16O6. The summed E-state index contributed by atoms with van der Waals surface area (Å²) >= 11 is 0. The van der Waals surface area contributed by atoms with Crippen LogP contribution in [-0.4, -0.2) is 57.0 Å². The number of carbonyl (C=O) groups is 1. The molecule has 0 saturated heterocycles. The van der Waals surface area contributed by atoms with Gasteiger partial charge in [0, 0.05) is 14.2 Å². The molecule has 0 radical (unpaired) electrons. The Labute approximate surface area is 93.7 Å². The molecule has 92 valence electrons. The van der Waals surface area contributed by atoms with Gasteiger partial charge in [-0.1, -0.05) is 0 Å². The minimum Gasteiger partial charge on any atom is -0.386 e. The van der Waals surface area contributed by atoms with E-state index in [4.69, 9.17) is 18.9 Å². The fraction of sp³-hybridized carbons (Fsp3) is 0.700. The molecule has 0 aromatic heterocycles. The normalized spacial score (nSPS) is 29.7. The molecule has 1 N–H and O–H groups in total. The maximum Gasteiger partial charge on any atom is 0.187 e. The summed E-state index contributed by atoms with van der Waals surface area (Å²) in [7, 11) is 2.91. The van der Waals surface area contributed by atoms with Crippen molar-refractivity contribution in [1.29, 1.82) is 0 Å². The van der Waals surface area contributed by atoms with Gasteiger partial charge in [0.25, 0.3) is 0 Å². The zero-order valence-electron chi connectivity index (χ0n) is 9.29. The molecule has 6 nitrogen and oxygen atoms in total. The summed E-state index contributed by atoms with van der Waals surface area (Å²) in [5, 5.41) is 9.64. The van der Waals surface area contributed by atoms with E-state index in [-0.39, 0.29) is 19.4 Å². The van der Waals surface area contributed by atoms with Crippen molar-refractivity contribution in [2.24, 2.45) is 0 Å². The average molecular weight is 232 g/mol. The Morgan fingerprint density at radius 1 is 1.25 bits per heavy atom. The van der Waals surface area contributed by atoms with Crippen molar-refractivity contribution < 1.29 is 28.8 Å².